The van der Waals surface area contributed by atoms with Gasteiger partial charge in [-0.1, -0.05) is 18.2 Å². The molecular formula is C22H22FN5O. The Morgan fingerprint density at radius 2 is 1.76 bits per heavy atom. The van der Waals surface area contributed by atoms with Gasteiger partial charge in [0.15, 0.2) is 0 Å². The number of nitrogens with one attached hydrogen (secondary N) is 1. The van der Waals surface area contributed by atoms with Crippen LogP contribution in [0.15, 0.2) is 60.8 Å². The molecule has 1 saturated heterocycles. The number of carbonyl (C=O) groups excluding carboxylic acids is 1. The lowest BCUT2D eigenvalue weighted by Gasteiger charge is -2.36. The molecule has 2 heterocycles. The van der Waals surface area contributed by atoms with Crippen molar-refractivity contribution in [1.82, 2.24) is 9.97 Å². The Labute approximate surface area is 169 Å². The molecule has 0 spiro atoms. The number of benzene rings is 2. The van der Waals surface area contributed by atoms with E-state index < -0.39 is 11.7 Å². The molecule has 0 radical (unpaired) electrons. The predicted molar refractivity (Wildman–Crippen MR) is 112 cm³/mol. The van der Waals surface area contributed by atoms with E-state index in [2.05, 4.69) is 56.3 Å². The SMILES string of the molecule is Cc1cccc(N2CCN(c3nccc(C(=O)Nc4cccc(F)c4)n3)CC2)c1. The smallest absolute Gasteiger partial charge is 0.274 e. The molecule has 1 amide bonds. The van der Waals surface area contributed by atoms with Crippen molar-refractivity contribution in [2.75, 3.05) is 41.3 Å². The molecule has 4 rings (SSSR count). The summed E-state index contributed by atoms with van der Waals surface area (Å²) in [6, 6.07) is 15.8. The number of hydrogen-bond acceptors (Lipinski definition) is 5. The zero-order chi connectivity index (χ0) is 20.2. The van der Waals surface area contributed by atoms with Crippen molar-refractivity contribution in [3.63, 3.8) is 0 Å². The summed E-state index contributed by atoms with van der Waals surface area (Å²) in [5.74, 6) is -0.268. The average molecular weight is 391 g/mol. The van der Waals surface area contributed by atoms with E-state index in [4.69, 9.17) is 0 Å². The minimum atomic E-state index is -0.405. The maximum Gasteiger partial charge on any atom is 0.274 e. The van der Waals surface area contributed by atoms with E-state index in [9.17, 15) is 9.18 Å². The van der Waals surface area contributed by atoms with Crippen LogP contribution in [0.3, 0.4) is 0 Å². The minimum absolute atomic E-state index is 0.250. The molecule has 2 aromatic carbocycles. The van der Waals surface area contributed by atoms with E-state index in [1.54, 1.807) is 24.4 Å². The van der Waals surface area contributed by atoms with Crippen LogP contribution in [0.1, 0.15) is 16.1 Å². The molecule has 1 aliphatic heterocycles. The third-order valence-electron chi connectivity index (χ3n) is 4.89. The van der Waals surface area contributed by atoms with E-state index in [1.807, 2.05) is 0 Å². The van der Waals surface area contributed by atoms with E-state index in [-0.39, 0.29) is 5.69 Å². The highest BCUT2D eigenvalue weighted by atomic mass is 19.1. The summed E-state index contributed by atoms with van der Waals surface area (Å²) in [7, 11) is 0. The number of aromatic nitrogens is 2. The zero-order valence-corrected chi connectivity index (χ0v) is 16.2. The first-order chi connectivity index (χ1) is 14.1. The Hall–Kier alpha value is -3.48. The van der Waals surface area contributed by atoms with Crippen LogP contribution in [0.2, 0.25) is 0 Å². The quantitative estimate of drug-likeness (QED) is 0.738. The zero-order valence-electron chi connectivity index (χ0n) is 16.2. The normalized spacial score (nSPS) is 14.0. The topological polar surface area (TPSA) is 61.4 Å². The van der Waals surface area contributed by atoms with Crippen LogP contribution in [0.25, 0.3) is 0 Å². The highest BCUT2D eigenvalue weighted by molar-refractivity contribution is 6.02. The molecule has 7 heteroatoms. The molecule has 0 aliphatic carbocycles. The van der Waals surface area contributed by atoms with Crippen LogP contribution in [0.4, 0.5) is 21.7 Å². The number of amides is 1. The van der Waals surface area contributed by atoms with Gasteiger partial charge < -0.3 is 15.1 Å². The number of anilines is 3. The fourth-order valence-electron chi connectivity index (χ4n) is 3.38. The molecule has 0 bridgehead atoms. The monoisotopic (exact) mass is 391 g/mol. The number of rotatable bonds is 4. The lowest BCUT2D eigenvalue weighted by atomic mass is 10.2. The van der Waals surface area contributed by atoms with Crippen molar-refractivity contribution in [2.45, 2.75) is 6.92 Å². The van der Waals surface area contributed by atoms with Gasteiger partial charge in [0.2, 0.25) is 5.95 Å². The van der Waals surface area contributed by atoms with Crippen LogP contribution in [0.5, 0.6) is 0 Å². The summed E-state index contributed by atoms with van der Waals surface area (Å²) in [4.78, 5) is 25.6. The molecular weight excluding hydrogens is 369 g/mol. The van der Waals surface area contributed by atoms with Gasteiger partial charge in [0.05, 0.1) is 0 Å². The molecule has 6 nitrogen and oxygen atoms in total. The number of piperazine rings is 1. The van der Waals surface area contributed by atoms with Crippen molar-refractivity contribution in [1.29, 1.82) is 0 Å². The van der Waals surface area contributed by atoms with Gasteiger partial charge in [-0.3, -0.25) is 4.79 Å². The van der Waals surface area contributed by atoms with Crippen molar-refractivity contribution < 1.29 is 9.18 Å². The number of aryl methyl sites for hydroxylation is 1. The van der Waals surface area contributed by atoms with Crippen molar-refractivity contribution in [3.05, 3.63) is 77.9 Å². The maximum atomic E-state index is 13.3. The molecule has 3 aromatic rings. The van der Waals surface area contributed by atoms with Crippen LogP contribution in [-0.4, -0.2) is 42.1 Å². The summed E-state index contributed by atoms with van der Waals surface area (Å²) >= 11 is 0. The molecule has 0 saturated carbocycles. The Kier molecular flexibility index (Phi) is 5.37. The largest absolute Gasteiger partial charge is 0.368 e. The fourth-order valence-corrected chi connectivity index (χ4v) is 3.38. The van der Waals surface area contributed by atoms with E-state index >= 15 is 0 Å². The van der Waals surface area contributed by atoms with Crippen molar-refractivity contribution in [2.24, 2.45) is 0 Å². The Balaban J connectivity index is 1.42. The van der Waals surface area contributed by atoms with Crippen LogP contribution >= 0.6 is 0 Å². The van der Waals surface area contributed by atoms with Gasteiger partial charge >= 0.3 is 0 Å². The fraction of sp³-hybridized carbons (Fsp3) is 0.227. The maximum absolute atomic E-state index is 13.3. The Bertz CT molecular complexity index is 1020. The highest BCUT2D eigenvalue weighted by Crippen LogP contribution is 2.20. The highest BCUT2D eigenvalue weighted by Gasteiger charge is 2.20. The molecule has 29 heavy (non-hydrogen) atoms. The van der Waals surface area contributed by atoms with Crippen LogP contribution in [-0.2, 0) is 0 Å². The standard InChI is InChI=1S/C22H22FN5O/c1-16-4-2-7-19(14-16)27-10-12-28(13-11-27)22-24-9-8-20(26-22)21(29)25-18-6-3-5-17(23)15-18/h2-9,14-15H,10-13H2,1H3,(H,25,29). The molecule has 0 atom stereocenters. The second-order valence-corrected chi connectivity index (χ2v) is 7.02. The summed E-state index contributed by atoms with van der Waals surface area (Å²) in [5.41, 5.74) is 3.10. The number of nitrogens with zero attached hydrogens (tertiary/aromatic N) is 4. The molecule has 0 unspecified atom stereocenters. The second-order valence-electron chi connectivity index (χ2n) is 7.02. The molecule has 1 aromatic heterocycles. The number of carbonyl (C=O) groups is 1. The summed E-state index contributed by atoms with van der Waals surface area (Å²) in [5, 5.41) is 2.67. The van der Waals surface area contributed by atoms with E-state index in [0.717, 1.165) is 26.2 Å². The Morgan fingerprint density at radius 1 is 1.00 bits per heavy atom. The van der Waals surface area contributed by atoms with Gasteiger partial charge in [-0.05, 0) is 48.9 Å². The van der Waals surface area contributed by atoms with Gasteiger partial charge in [0, 0.05) is 43.8 Å². The van der Waals surface area contributed by atoms with Crippen LogP contribution in [0, 0.1) is 12.7 Å². The van der Waals surface area contributed by atoms with Gasteiger partial charge in [0.25, 0.3) is 5.91 Å². The van der Waals surface area contributed by atoms with Crippen molar-refractivity contribution in [3.8, 4) is 0 Å². The number of hydrogen-bond donors (Lipinski definition) is 1. The number of halogens is 1. The van der Waals surface area contributed by atoms with Gasteiger partial charge in [-0.15, -0.1) is 0 Å². The second kappa shape index (κ2) is 8.26. The van der Waals surface area contributed by atoms with E-state index in [0.29, 0.717) is 11.6 Å². The molecule has 148 valence electrons. The van der Waals surface area contributed by atoms with Crippen molar-refractivity contribution >= 4 is 23.2 Å². The minimum Gasteiger partial charge on any atom is -0.368 e. The molecule has 1 fully saturated rings. The average Bonchev–Trinajstić information content (AvgIpc) is 2.74. The first-order valence-corrected chi connectivity index (χ1v) is 9.55. The molecule has 1 N–H and O–H groups in total. The third kappa shape index (κ3) is 4.51. The lowest BCUT2D eigenvalue weighted by Crippen LogP contribution is -2.47. The van der Waals surface area contributed by atoms with Gasteiger partial charge in [-0.25, -0.2) is 14.4 Å². The first kappa shape index (κ1) is 18.9. The summed E-state index contributed by atoms with van der Waals surface area (Å²) in [6.45, 7) is 5.33. The van der Waals surface area contributed by atoms with Gasteiger partial charge in [0.1, 0.15) is 11.5 Å². The Morgan fingerprint density at radius 3 is 2.52 bits per heavy atom. The predicted octanol–water partition coefficient (Wildman–Crippen LogP) is 3.50. The van der Waals surface area contributed by atoms with E-state index in [1.165, 1.54) is 23.4 Å². The van der Waals surface area contributed by atoms with Crippen LogP contribution < -0.4 is 15.1 Å². The summed E-state index contributed by atoms with van der Waals surface area (Å²) in [6.07, 6.45) is 1.58. The van der Waals surface area contributed by atoms with Gasteiger partial charge in [-0.2, -0.15) is 0 Å². The summed E-state index contributed by atoms with van der Waals surface area (Å²) < 4.78 is 13.3. The molecule has 1 aliphatic rings. The third-order valence-corrected chi connectivity index (χ3v) is 4.89. The first-order valence-electron chi connectivity index (χ1n) is 9.55. The lowest BCUT2D eigenvalue weighted by molar-refractivity contribution is 0.102.